The van der Waals surface area contributed by atoms with Crippen molar-refractivity contribution in [1.29, 1.82) is 0 Å². The van der Waals surface area contributed by atoms with E-state index in [0.717, 1.165) is 18.4 Å². The highest BCUT2D eigenvalue weighted by atomic mass is 32.1. The van der Waals surface area contributed by atoms with Crippen LogP contribution in [0.1, 0.15) is 12.0 Å². The fraction of sp³-hybridized carbons (Fsp3) is 0.571. The molecule has 1 aromatic rings. The second kappa shape index (κ2) is 7.43. The Labute approximate surface area is 124 Å². The van der Waals surface area contributed by atoms with Crippen molar-refractivity contribution < 1.29 is 0 Å². The van der Waals surface area contributed by atoms with Crippen molar-refractivity contribution >= 4 is 27.0 Å². The summed E-state index contributed by atoms with van der Waals surface area (Å²) in [6, 6.07) is 10.8. The Balaban J connectivity index is 0.000000810. The molecule has 102 valence electrons. The minimum atomic E-state index is 0. The van der Waals surface area contributed by atoms with Crippen LogP contribution in [0.15, 0.2) is 30.3 Å². The molecule has 0 radical (unpaired) electrons. The first kappa shape index (κ1) is 15.9. The summed E-state index contributed by atoms with van der Waals surface area (Å²) in [5, 5.41) is 3.52. The van der Waals surface area contributed by atoms with Crippen molar-refractivity contribution in [2.24, 2.45) is 11.8 Å². The van der Waals surface area contributed by atoms with E-state index < -0.39 is 0 Å². The van der Waals surface area contributed by atoms with Crippen molar-refractivity contribution in [3.8, 4) is 0 Å². The number of likely N-dealkylation sites (tertiary alicyclic amines) is 1. The lowest BCUT2D eigenvalue weighted by Crippen LogP contribution is -2.39. The summed E-state index contributed by atoms with van der Waals surface area (Å²) in [6.45, 7) is 6.17. The Kier molecular flexibility index (Phi) is 6.57. The van der Waals surface area contributed by atoms with E-state index in [1.54, 1.807) is 0 Å². The lowest BCUT2D eigenvalue weighted by atomic mass is 9.88. The van der Waals surface area contributed by atoms with Gasteiger partial charge in [0.1, 0.15) is 0 Å². The molecular weight excluding hydrogens is 260 g/mol. The van der Waals surface area contributed by atoms with E-state index in [-0.39, 0.29) is 27.0 Å². The van der Waals surface area contributed by atoms with E-state index in [4.69, 9.17) is 0 Å². The zero-order valence-electron chi connectivity index (χ0n) is 10.7. The molecule has 2 nitrogen and oxygen atoms in total. The molecule has 0 amide bonds. The van der Waals surface area contributed by atoms with Gasteiger partial charge in [-0.2, -0.15) is 27.0 Å². The first-order valence-electron chi connectivity index (χ1n) is 6.39. The molecule has 1 aromatic carbocycles. The van der Waals surface area contributed by atoms with Gasteiger partial charge < -0.3 is 5.32 Å². The van der Waals surface area contributed by atoms with Crippen molar-refractivity contribution in [2.75, 3.05) is 26.2 Å². The van der Waals surface area contributed by atoms with E-state index in [1.807, 2.05) is 0 Å². The van der Waals surface area contributed by atoms with Gasteiger partial charge in [0.2, 0.25) is 0 Å². The molecule has 4 heteroatoms. The largest absolute Gasteiger partial charge is 0.316 e. The quantitative estimate of drug-likeness (QED) is 0.893. The summed E-state index contributed by atoms with van der Waals surface area (Å²) in [6.07, 6.45) is 1.38. The Morgan fingerprint density at radius 3 is 2.56 bits per heavy atom. The molecule has 2 fully saturated rings. The van der Waals surface area contributed by atoms with Crippen LogP contribution in [0.25, 0.3) is 0 Å². The molecule has 2 aliphatic rings. The number of nitrogens with zero attached hydrogens (tertiary/aromatic N) is 1. The van der Waals surface area contributed by atoms with Crippen molar-refractivity contribution in [3.05, 3.63) is 35.9 Å². The first-order valence-corrected chi connectivity index (χ1v) is 6.39. The predicted molar refractivity (Wildman–Crippen MR) is 86.9 cm³/mol. The van der Waals surface area contributed by atoms with Crippen LogP contribution < -0.4 is 5.32 Å². The Morgan fingerprint density at radius 1 is 1.06 bits per heavy atom. The highest BCUT2D eigenvalue weighted by Crippen LogP contribution is 2.27. The van der Waals surface area contributed by atoms with Crippen LogP contribution in [0.4, 0.5) is 0 Å². The van der Waals surface area contributed by atoms with Gasteiger partial charge in [-0.1, -0.05) is 30.3 Å². The maximum atomic E-state index is 3.52. The Bertz CT molecular complexity index is 345. The highest BCUT2D eigenvalue weighted by Gasteiger charge is 2.32. The first-order chi connectivity index (χ1) is 7.92. The van der Waals surface area contributed by atoms with Crippen molar-refractivity contribution in [1.82, 2.24) is 10.2 Å². The molecule has 0 spiro atoms. The van der Waals surface area contributed by atoms with Crippen molar-refractivity contribution in [2.45, 2.75) is 13.0 Å². The molecular formula is C14H24N2S2. The molecule has 1 N–H and O–H groups in total. The van der Waals surface area contributed by atoms with E-state index >= 15 is 0 Å². The lowest BCUT2D eigenvalue weighted by Gasteiger charge is -2.34. The minimum Gasteiger partial charge on any atom is -0.316 e. The Hall–Kier alpha value is -0.160. The molecule has 3 rings (SSSR count). The fourth-order valence-electron chi connectivity index (χ4n) is 3.10. The third-order valence-corrected chi connectivity index (χ3v) is 4.04. The number of rotatable bonds is 2. The number of hydrogen-bond donors (Lipinski definition) is 1. The van der Waals surface area contributed by atoms with Gasteiger partial charge >= 0.3 is 0 Å². The number of fused-ring (bicyclic) bond motifs is 1. The fourth-order valence-corrected chi connectivity index (χ4v) is 3.10. The number of nitrogens with one attached hydrogen (secondary N) is 1. The molecule has 0 unspecified atom stereocenters. The summed E-state index contributed by atoms with van der Waals surface area (Å²) in [5.74, 6) is 1.85. The number of piperidine rings is 1. The van der Waals surface area contributed by atoms with E-state index in [2.05, 4.69) is 40.5 Å². The van der Waals surface area contributed by atoms with Crippen molar-refractivity contribution in [3.63, 3.8) is 0 Å². The maximum absolute atomic E-state index is 3.52. The van der Waals surface area contributed by atoms with Crippen LogP contribution in [0.2, 0.25) is 0 Å². The number of hydrogen-bond acceptors (Lipinski definition) is 2. The molecule has 0 bridgehead atoms. The van der Waals surface area contributed by atoms with Crippen LogP contribution in [0.3, 0.4) is 0 Å². The standard InChI is InChI=1S/C14H20N2.2H2S/c1-2-4-12(5-3-1)10-16-7-6-13-8-15-9-14(13)11-16;;/h1-5,13-15H,6-11H2;2*1H2/t13-,14+;;/m1../s1. The van der Waals surface area contributed by atoms with E-state index in [0.29, 0.717) is 0 Å². The molecule has 0 aromatic heterocycles. The van der Waals surface area contributed by atoms with Gasteiger partial charge in [0, 0.05) is 13.1 Å². The summed E-state index contributed by atoms with van der Waals surface area (Å²) < 4.78 is 0. The van der Waals surface area contributed by atoms with Gasteiger partial charge in [0.25, 0.3) is 0 Å². The molecule has 18 heavy (non-hydrogen) atoms. The molecule has 2 atom stereocenters. The van der Waals surface area contributed by atoms with Crippen LogP contribution in [0, 0.1) is 11.8 Å². The third kappa shape index (κ3) is 3.67. The normalized spacial score (nSPS) is 26.9. The van der Waals surface area contributed by atoms with E-state index in [1.165, 1.54) is 38.2 Å². The minimum absolute atomic E-state index is 0. The second-order valence-electron chi connectivity index (χ2n) is 5.19. The zero-order chi connectivity index (χ0) is 10.8. The smallest absolute Gasteiger partial charge is 0.0233 e. The monoisotopic (exact) mass is 284 g/mol. The van der Waals surface area contributed by atoms with Gasteiger partial charge in [-0.05, 0) is 43.5 Å². The summed E-state index contributed by atoms with van der Waals surface area (Å²) in [5.41, 5.74) is 1.45. The van der Waals surface area contributed by atoms with Crippen LogP contribution in [0.5, 0.6) is 0 Å². The van der Waals surface area contributed by atoms with Gasteiger partial charge in [-0.25, -0.2) is 0 Å². The maximum Gasteiger partial charge on any atom is 0.0233 e. The van der Waals surface area contributed by atoms with Crippen LogP contribution in [-0.4, -0.2) is 31.1 Å². The summed E-state index contributed by atoms with van der Waals surface area (Å²) in [4.78, 5) is 2.61. The molecule has 0 aliphatic carbocycles. The van der Waals surface area contributed by atoms with Crippen LogP contribution >= 0.6 is 27.0 Å². The topological polar surface area (TPSA) is 15.3 Å². The van der Waals surface area contributed by atoms with Gasteiger partial charge in [0.05, 0.1) is 0 Å². The molecule has 2 heterocycles. The van der Waals surface area contributed by atoms with Gasteiger partial charge in [-0.3, -0.25) is 4.90 Å². The van der Waals surface area contributed by atoms with Crippen LogP contribution in [-0.2, 0) is 6.54 Å². The number of benzene rings is 1. The average molecular weight is 284 g/mol. The summed E-state index contributed by atoms with van der Waals surface area (Å²) in [7, 11) is 0. The van der Waals surface area contributed by atoms with Gasteiger partial charge in [-0.15, -0.1) is 0 Å². The van der Waals surface area contributed by atoms with Gasteiger partial charge in [0.15, 0.2) is 0 Å². The molecule has 2 saturated heterocycles. The molecule has 2 aliphatic heterocycles. The summed E-state index contributed by atoms with van der Waals surface area (Å²) >= 11 is 0. The Morgan fingerprint density at radius 2 is 1.78 bits per heavy atom. The highest BCUT2D eigenvalue weighted by molar-refractivity contribution is 7.59. The average Bonchev–Trinajstić information content (AvgIpc) is 2.77. The zero-order valence-corrected chi connectivity index (χ0v) is 12.7. The SMILES string of the molecule is S.S.c1ccc(CN2CC[C@@H]3CNC[C@H]3C2)cc1. The third-order valence-electron chi connectivity index (χ3n) is 4.04. The van der Waals surface area contributed by atoms with E-state index in [9.17, 15) is 0 Å². The molecule has 0 saturated carbocycles. The lowest BCUT2D eigenvalue weighted by molar-refractivity contribution is 0.142. The second-order valence-corrected chi connectivity index (χ2v) is 5.19. The predicted octanol–water partition coefficient (Wildman–Crippen LogP) is 1.95.